The minimum Gasteiger partial charge on any atom is -0.350 e. The normalized spacial score (nSPS) is 16.9. The molecule has 2 aromatic heterocycles. The van der Waals surface area contributed by atoms with E-state index in [4.69, 9.17) is 11.6 Å². The van der Waals surface area contributed by atoms with Crippen LogP contribution in [-0.4, -0.2) is 37.6 Å². The molecule has 1 fully saturated rings. The zero-order valence-corrected chi connectivity index (χ0v) is 15.5. The number of hydrogen-bond acceptors (Lipinski definition) is 3. The average Bonchev–Trinajstić information content (AvgIpc) is 3.12. The van der Waals surface area contributed by atoms with Crippen LogP contribution < -0.4 is 5.32 Å². The minimum atomic E-state index is -0.0355. The lowest BCUT2D eigenvalue weighted by molar-refractivity contribution is -0.127. The molecule has 0 spiro atoms. The summed E-state index contributed by atoms with van der Waals surface area (Å²) in [6, 6.07) is 3.66. The van der Waals surface area contributed by atoms with Crippen LogP contribution in [0, 0.1) is 5.92 Å². The lowest BCUT2D eigenvalue weighted by Gasteiger charge is -2.27. The molecule has 138 valence electrons. The molecule has 3 heterocycles. The number of amides is 2. The number of fused-ring (bicyclic) bond motifs is 1. The highest BCUT2D eigenvalue weighted by molar-refractivity contribution is 6.31. The minimum absolute atomic E-state index is 0.0355. The van der Waals surface area contributed by atoms with E-state index < -0.39 is 0 Å². The molecule has 0 aromatic carbocycles. The first-order valence-corrected chi connectivity index (χ1v) is 9.33. The Hall–Kier alpha value is -2.28. The Morgan fingerprint density at radius 2 is 2.12 bits per heavy atom. The molecule has 0 atom stereocenters. The van der Waals surface area contributed by atoms with Gasteiger partial charge in [-0.3, -0.25) is 14.3 Å². The molecule has 0 saturated heterocycles. The Kier molecular flexibility index (Phi) is 4.48. The van der Waals surface area contributed by atoms with Gasteiger partial charge in [-0.15, -0.1) is 0 Å². The fraction of sp³-hybridized carbons (Fsp3) is 0.500. The molecular weight excluding hydrogens is 354 g/mol. The third-order valence-corrected chi connectivity index (χ3v) is 5.45. The van der Waals surface area contributed by atoms with Gasteiger partial charge in [0.05, 0.1) is 36.0 Å². The van der Waals surface area contributed by atoms with Crippen LogP contribution in [0.3, 0.4) is 0 Å². The summed E-state index contributed by atoms with van der Waals surface area (Å²) in [5, 5.41) is 8.08. The number of nitrogens with one attached hydrogen (secondary N) is 1. The SMILES string of the molecule is Cn1cc(Cl)cc1C(=O)N1CCn2nc(CNC(=O)C3CCC3)cc2C1. The van der Waals surface area contributed by atoms with E-state index in [1.165, 1.54) is 0 Å². The summed E-state index contributed by atoms with van der Waals surface area (Å²) < 4.78 is 3.67. The monoisotopic (exact) mass is 375 g/mol. The van der Waals surface area contributed by atoms with Gasteiger partial charge in [-0.1, -0.05) is 18.0 Å². The summed E-state index contributed by atoms with van der Waals surface area (Å²) in [4.78, 5) is 26.5. The first-order chi connectivity index (χ1) is 12.5. The van der Waals surface area contributed by atoms with E-state index in [1.807, 2.05) is 17.8 Å². The van der Waals surface area contributed by atoms with Crippen molar-refractivity contribution < 1.29 is 9.59 Å². The molecule has 2 amide bonds. The van der Waals surface area contributed by atoms with Crippen LogP contribution >= 0.6 is 11.6 Å². The smallest absolute Gasteiger partial charge is 0.270 e. The molecule has 26 heavy (non-hydrogen) atoms. The fourth-order valence-electron chi connectivity index (χ4n) is 3.48. The number of hydrogen-bond donors (Lipinski definition) is 1. The van der Waals surface area contributed by atoms with Crippen molar-refractivity contribution in [3.8, 4) is 0 Å². The van der Waals surface area contributed by atoms with Crippen LogP contribution in [-0.2, 0) is 31.5 Å². The van der Waals surface area contributed by atoms with Gasteiger partial charge in [0, 0.05) is 25.7 Å². The second kappa shape index (κ2) is 6.79. The number of carbonyl (C=O) groups is 2. The Bertz CT molecular complexity index is 852. The van der Waals surface area contributed by atoms with E-state index >= 15 is 0 Å². The zero-order valence-electron chi connectivity index (χ0n) is 14.7. The molecule has 1 aliphatic carbocycles. The largest absolute Gasteiger partial charge is 0.350 e. The predicted molar refractivity (Wildman–Crippen MR) is 96.6 cm³/mol. The Balaban J connectivity index is 1.40. The maximum Gasteiger partial charge on any atom is 0.270 e. The average molecular weight is 376 g/mol. The molecule has 1 saturated carbocycles. The van der Waals surface area contributed by atoms with Crippen LogP contribution in [0.15, 0.2) is 18.3 Å². The predicted octanol–water partition coefficient (Wildman–Crippen LogP) is 1.95. The molecule has 4 rings (SSSR count). The molecule has 7 nitrogen and oxygen atoms in total. The van der Waals surface area contributed by atoms with Crippen molar-refractivity contribution in [2.75, 3.05) is 6.54 Å². The van der Waals surface area contributed by atoms with Gasteiger partial charge < -0.3 is 14.8 Å². The lowest BCUT2D eigenvalue weighted by Crippen LogP contribution is -2.39. The van der Waals surface area contributed by atoms with Crippen LogP contribution in [0.1, 0.15) is 41.1 Å². The van der Waals surface area contributed by atoms with E-state index in [-0.39, 0.29) is 17.7 Å². The fourth-order valence-corrected chi connectivity index (χ4v) is 3.73. The maximum absolute atomic E-state index is 12.7. The van der Waals surface area contributed by atoms with E-state index in [0.717, 1.165) is 30.7 Å². The summed E-state index contributed by atoms with van der Waals surface area (Å²) in [5.74, 6) is 0.267. The summed E-state index contributed by atoms with van der Waals surface area (Å²) >= 11 is 5.99. The van der Waals surface area contributed by atoms with Crippen molar-refractivity contribution >= 4 is 23.4 Å². The number of rotatable bonds is 4. The number of aryl methyl sites for hydroxylation is 1. The molecule has 2 aliphatic rings. The van der Waals surface area contributed by atoms with E-state index in [0.29, 0.717) is 36.9 Å². The maximum atomic E-state index is 12.7. The van der Waals surface area contributed by atoms with Crippen molar-refractivity contribution in [1.29, 1.82) is 0 Å². The summed E-state index contributed by atoms with van der Waals surface area (Å²) in [6.45, 7) is 2.20. The van der Waals surface area contributed by atoms with Gasteiger partial charge in [-0.05, 0) is 25.0 Å². The Morgan fingerprint density at radius 3 is 2.77 bits per heavy atom. The van der Waals surface area contributed by atoms with E-state index in [1.54, 1.807) is 21.7 Å². The Morgan fingerprint density at radius 1 is 1.31 bits per heavy atom. The molecule has 1 N–H and O–H groups in total. The van der Waals surface area contributed by atoms with E-state index in [9.17, 15) is 9.59 Å². The van der Waals surface area contributed by atoms with Crippen LogP contribution in [0.4, 0.5) is 0 Å². The third kappa shape index (κ3) is 3.23. The second-order valence-electron chi connectivity index (χ2n) is 7.08. The number of nitrogens with zero attached hydrogens (tertiary/aromatic N) is 4. The van der Waals surface area contributed by atoms with Gasteiger partial charge in [0.15, 0.2) is 0 Å². The highest BCUT2D eigenvalue weighted by Crippen LogP contribution is 2.26. The van der Waals surface area contributed by atoms with E-state index in [2.05, 4.69) is 10.4 Å². The standard InChI is InChI=1S/C18H22ClN5O2/c1-22-10-13(19)7-16(22)18(26)23-5-6-24-15(11-23)8-14(21-24)9-20-17(25)12-3-2-4-12/h7-8,10,12H,2-6,9,11H2,1H3,(H,20,25). The molecule has 0 radical (unpaired) electrons. The summed E-state index contributed by atoms with van der Waals surface area (Å²) in [6.07, 6.45) is 4.86. The van der Waals surface area contributed by atoms with Gasteiger partial charge in [-0.2, -0.15) is 5.10 Å². The lowest BCUT2D eigenvalue weighted by atomic mass is 9.85. The highest BCUT2D eigenvalue weighted by atomic mass is 35.5. The van der Waals surface area contributed by atoms with Gasteiger partial charge in [0.1, 0.15) is 5.69 Å². The van der Waals surface area contributed by atoms with Crippen molar-refractivity contribution in [1.82, 2.24) is 24.6 Å². The topological polar surface area (TPSA) is 72.2 Å². The van der Waals surface area contributed by atoms with Gasteiger partial charge in [0.25, 0.3) is 5.91 Å². The molecule has 2 aromatic rings. The van der Waals surface area contributed by atoms with Gasteiger partial charge >= 0.3 is 0 Å². The first-order valence-electron chi connectivity index (χ1n) is 8.95. The number of carbonyl (C=O) groups excluding carboxylic acids is 2. The first kappa shape index (κ1) is 17.1. The van der Waals surface area contributed by atoms with Crippen molar-refractivity contribution in [3.05, 3.63) is 40.4 Å². The van der Waals surface area contributed by atoms with Crippen molar-refractivity contribution in [2.24, 2.45) is 13.0 Å². The number of halogens is 1. The van der Waals surface area contributed by atoms with Gasteiger partial charge in [0.2, 0.25) is 5.91 Å². The van der Waals surface area contributed by atoms with Crippen LogP contribution in [0.25, 0.3) is 0 Å². The van der Waals surface area contributed by atoms with Crippen molar-refractivity contribution in [2.45, 2.75) is 38.9 Å². The molecular formula is C18H22ClN5O2. The second-order valence-corrected chi connectivity index (χ2v) is 7.51. The van der Waals surface area contributed by atoms with Crippen LogP contribution in [0.2, 0.25) is 5.02 Å². The highest BCUT2D eigenvalue weighted by Gasteiger charge is 2.27. The third-order valence-electron chi connectivity index (χ3n) is 5.25. The summed E-state index contributed by atoms with van der Waals surface area (Å²) in [5.41, 5.74) is 2.40. The summed E-state index contributed by atoms with van der Waals surface area (Å²) in [7, 11) is 1.82. The molecule has 0 unspecified atom stereocenters. The van der Waals surface area contributed by atoms with Gasteiger partial charge in [-0.25, -0.2) is 0 Å². The molecule has 1 aliphatic heterocycles. The molecule has 0 bridgehead atoms. The number of aromatic nitrogens is 3. The van der Waals surface area contributed by atoms with Crippen molar-refractivity contribution in [3.63, 3.8) is 0 Å². The molecule has 8 heteroatoms. The Labute approximate surface area is 156 Å². The van der Waals surface area contributed by atoms with Crippen LogP contribution in [0.5, 0.6) is 0 Å². The zero-order chi connectivity index (χ0) is 18.3. The quantitative estimate of drug-likeness (QED) is 0.887.